The van der Waals surface area contributed by atoms with Gasteiger partial charge in [0.1, 0.15) is 5.82 Å². The van der Waals surface area contributed by atoms with Gasteiger partial charge in [-0.2, -0.15) is 30.3 Å². The number of rotatable bonds is 7. The number of hydrogen-bond donors (Lipinski definition) is 0. The number of hydrogen-bond acceptors (Lipinski definition) is 1. The first-order valence-corrected chi connectivity index (χ1v) is 17.3. The smallest absolute Gasteiger partial charge is 0.188 e. The van der Waals surface area contributed by atoms with E-state index in [0.717, 1.165) is 61.1 Å². The van der Waals surface area contributed by atoms with E-state index >= 15 is 0 Å². The van der Waals surface area contributed by atoms with E-state index in [2.05, 4.69) is 134 Å². The fourth-order valence-corrected chi connectivity index (χ4v) is 7.69. The molecule has 0 aliphatic carbocycles. The van der Waals surface area contributed by atoms with Gasteiger partial charge in [-0.05, 0) is 58.3 Å². The van der Waals surface area contributed by atoms with E-state index in [9.17, 15) is 0 Å². The number of pyridine rings is 1. The number of aryl methyl sites for hydroxylation is 1. The molecule has 0 N–H and O–H groups in total. The van der Waals surface area contributed by atoms with Gasteiger partial charge >= 0.3 is 0 Å². The topological polar surface area (TPSA) is 27.7 Å². The minimum Gasteiger partial charge on any atom is -0.319 e. The Morgan fingerprint density at radius 2 is 1.31 bits per heavy atom. The third-order valence-corrected chi connectivity index (χ3v) is 10.1. The van der Waals surface area contributed by atoms with Crippen LogP contribution >= 0.6 is 0 Å². The average molecular weight is 856 g/mol. The van der Waals surface area contributed by atoms with Gasteiger partial charge in [-0.1, -0.05) is 104 Å². The molecule has 9 aromatic rings. The molecule has 3 heterocycles. The molecular formula is C47H37N4Pt-. The molecule has 5 heteroatoms. The zero-order valence-corrected chi connectivity index (χ0v) is 31.0. The fraction of sp³-hybridized carbons (Fsp3) is 0.106. The van der Waals surface area contributed by atoms with Crippen LogP contribution in [0.15, 0.2) is 164 Å². The van der Waals surface area contributed by atoms with Gasteiger partial charge < -0.3 is 4.57 Å². The van der Waals surface area contributed by atoms with Crippen molar-refractivity contribution in [2.24, 2.45) is 6.98 Å². The second-order valence-corrected chi connectivity index (χ2v) is 13.4. The third kappa shape index (κ3) is 5.33. The Morgan fingerprint density at radius 1 is 0.654 bits per heavy atom. The summed E-state index contributed by atoms with van der Waals surface area (Å²) in [6.45, 7) is 2.05. The van der Waals surface area contributed by atoms with Gasteiger partial charge in [-0.15, -0.1) is 22.6 Å². The summed E-state index contributed by atoms with van der Waals surface area (Å²) in [4.78, 5) is 4.91. The van der Waals surface area contributed by atoms with E-state index in [1.807, 2.05) is 59.3 Å². The van der Waals surface area contributed by atoms with Gasteiger partial charge in [-0.25, -0.2) is 14.1 Å². The van der Waals surface area contributed by atoms with Crippen LogP contribution in [0.3, 0.4) is 0 Å². The maximum Gasteiger partial charge on any atom is 0.188 e. The van der Waals surface area contributed by atoms with Crippen LogP contribution in [0.5, 0.6) is 0 Å². The second kappa shape index (κ2) is 13.5. The van der Waals surface area contributed by atoms with E-state index in [-0.39, 0.29) is 21.1 Å². The predicted molar refractivity (Wildman–Crippen MR) is 209 cm³/mol. The summed E-state index contributed by atoms with van der Waals surface area (Å²) >= 11 is 0. The van der Waals surface area contributed by atoms with Crippen molar-refractivity contribution in [3.8, 4) is 11.5 Å². The molecule has 0 unspecified atom stereocenters. The summed E-state index contributed by atoms with van der Waals surface area (Å²) in [5.41, 5.74) is 8.42. The molecule has 0 aliphatic rings. The van der Waals surface area contributed by atoms with E-state index < -0.39 is 12.4 Å². The Kier molecular flexibility index (Phi) is 7.83. The standard InChI is InChI=1S/C47H37N4.Pt/c1-33(2)34-27-28-48-46(29-34)51-42-22-11-10-21-40(42)41-26-25-38(31-45(41)51)47(35-15-6-4-7-16-35,36-17-8-5-9-18-36)37-19-14-20-39(30-37)50-32-49(3)43-23-12-13-24-44(43)50;/h4-29,32-33H,1-3H3;/q-1;/i3D3;. The molecule has 0 aliphatic heterocycles. The van der Waals surface area contributed by atoms with Crippen molar-refractivity contribution in [2.45, 2.75) is 25.2 Å². The Morgan fingerprint density at radius 3 is 2.02 bits per heavy atom. The van der Waals surface area contributed by atoms with Crippen LogP contribution in [0.1, 0.15) is 51.7 Å². The summed E-state index contributed by atoms with van der Waals surface area (Å²) in [6.07, 6.45) is 3.56. The quantitative estimate of drug-likeness (QED) is 0.116. The van der Waals surface area contributed by atoms with Gasteiger partial charge in [0.25, 0.3) is 0 Å². The molecule has 4 nitrogen and oxygen atoms in total. The Balaban J connectivity index is 0.00000427. The zero-order chi connectivity index (χ0) is 37.0. The van der Waals surface area contributed by atoms with Crippen molar-refractivity contribution in [2.75, 3.05) is 0 Å². The Bertz CT molecular complexity index is 2760. The Hall–Kier alpha value is -5.57. The van der Waals surface area contributed by atoms with Gasteiger partial charge in [0.2, 0.25) is 0 Å². The number of nitrogens with zero attached hydrogens (tertiary/aromatic N) is 4. The van der Waals surface area contributed by atoms with Gasteiger partial charge in [0.05, 0.1) is 0 Å². The zero-order valence-electron chi connectivity index (χ0n) is 31.8. The SMILES string of the molecule is [2H]C([2H])([2H])n1[cH+]n(-c2[c-]c(C(c3[c-]c4c(cc3)c3ccccc3n4-c3cc(C(C)C)ccn3)(c3ccccc3)c3ccccc3)ccc2)c2ccccc21.[Pt]. The van der Waals surface area contributed by atoms with Crippen LogP contribution in [-0.4, -0.2) is 18.7 Å². The molecule has 0 saturated heterocycles. The summed E-state index contributed by atoms with van der Waals surface area (Å²) in [5.74, 6) is 1.19. The molecule has 0 bridgehead atoms. The van der Waals surface area contributed by atoms with Crippen molar-refractivity contribution in [3.05, 3.63) is 204 Å². The minimum absolute atomic E-state index is 0. The van der Waals surface area contributed by atoms with Crippen molar-refractivity contribution in [1.29, 1.82) is 0 Å². The first-order valence-electron chi connectivity index (χ1n) is 18.8. The maximum absolute atomic E-state index is 8.29. The number of aromatic nitrogens is 4. The van der Waals surface area contributed by atoms with Crippen molar-refractivity contribution in [3.63, 3.8) is 0 Å². The largest absolute Gasteiger partial charge is 0.319 e. The monoisotopic (exact) mass is 855 g/mol. The summed E-state index contributed by atoms with van der Waals surface area (Å²) in [6, 6.07) is 59.8. The van der Waals surface area contributed by atoms with Crippen LogP contribution in [0, 0.1) is 12.1 Å². The Labute approximate surface area is 323 Å². The van der Waals surface area contributed by atoms with Crippen LogP contribution in [0.4, 0.5) is 0 Å². The van der Waals surface area contributed by atoms with Crippen molar-refractivity contribution in [1.82, 2.24) is 18.7 Å². The molecule has 52 heavy (non-hydrogen) atoms. The average Bonchev–Trinajstić information content (AvgIpc) is 3.76. The summed E-state index contributed by atoms with van der Waals surface area (Å²) < 4.78 is 30.4. The minimum atomic E-state index is -2.35. The van der Waals surface area contributed by atoms with E-state index in [1.54, 1.807) is 6.33 Å². The number of benzene rings is 6. The molecule has 256 valence electrons. The molecule has 3 aromatic heterocycles. The molecule has 0 atom stereocenters. The maximum atomic E-state index is 8.29. The molecule has 6 aromatic carbocycles. The number of para-hydroxylation sites is 3. The molecule has 0 fully saturated rings. The second-order valence-electron chi connectivity index (χ2n) is 13.4. The van der Waals surface area contributed by atoms with Crippen LogP contribution in [0.25, 0.3) is 44.3 Å². The van der Waals surface area contributed by atoms with Crippen LogP contribution < -0.4 is 0 Å². The van der Waals surface area contributed by atoms with Crippen LogP contribution in [-0.2, 0) is 33.5 Å². The number of imidazole rings is 1. The normalized spacial score (nSPS) is 12.9. The predicted octanol–water partition coefficient (Wildman–Crippen LogP) is 10.8. The summed E-state index contributed by atoms with van der Waals surface area (Å²) in [5, 5.41) is 2.22. The van der Waals surface area contributed by atoms with Gasteiger partial charge in [0.15, 0.2) is 17.4 Å². The van der Waals surface area contributed by atoms with E-state index in [0.29, 0.717) is 11.4 Å². The molecular weight excluding hydrogens is 816 g/mol. The first-order chi connectivity index (χ1) is 26.2. The first kappa shape index (κ1) is 30.1. The fourth-order valence-electron chi connectivity index (χ4n) is 7.69. The van der Waals surface area contributed by atoms with Crippen LogP contribution in [0.2, 0.25) is 0 Å². The van der Waals surface area contributed by atoms with E-state index in [4.69, 9.17) is 9.10 Å². The van der Waals surface area contributed by atoms with E-state index in [1.165, 1.54) is 10.1 Å². The van der Waals surface area contributed by atoms with Gasteiger partial charge in [-0.3, -0.25) is 0 Å². The molecule has 0 spiro atoms. The van der Waals surface area contributed by atoms with Crippen molar-refractivity contribution < 1.29 is 25.2 Å². The molecule has 0 radical (unpaired) electrons. The number of fused-ring (bicyclic) bond motifs is 4. The molecule has 9 rings (SSSR count). The van der Waals surface area contributed by atoms with Gasteiger partial charge in [0, 0.05) is 67.1 Å². The third-order valence-electron chi connectivity index (χ3n) is 10.1. The van der Waals surface area contributed by atoms with Crippen molar-refractivity contribution >= 4 is 32.8 Å². The molecule has 0 saturated carbocycles. The molecule has 0 amide bonds. The summed E-state index contributed by atoms with van der Waals surface area (Å²) in [7, 11) is 0.